The lowest BCUT2D eigenvalue weighted by Crippen LogP contribution is -2.54. The van der Waals surface area contributed by atoms with Gasteiger partial charge in [-0.25, -0.2) is 8.42 Å². The molecule has 0 amide bonds. The maximum atomic E-state index is 12.1. The van der Waals surface area contributed by atoms with Gasteiger partial charge in [-0.1, -0.05) is 18.2 Å². The SMILES string of the molecule is O=C(O)C1(NS(=O)(=O)c2ccccc2)CCOC1. The van der Waals surface area contributed by atoms with Crippen molar-refractivity contribution in [3.05, 3.63) is 30.3 Å². The summed E-state index contributed by atoms with van der Waals surface area (Å²) in [6.45, 7) is 0.0675. The summed E-state index contributed by atoms with van der Waals surface area (Å²) in [6.07, 6.45) is 0.119. The van der Waals surface area contributed by atoms with E-state index in [2.05, 4.69) is 4.72 Å². The molecule has 18 heavy (non-hydrogen) atoms. The topological polar surface area (TPSA) is 92.7 Å². The average molecular weight is 271 g/mol. The molecule has 1 fully saturated rings. The van der Waals surface area contributed by atoms with Crippen molar-refractivity contribution in [1.29, 1.82) is 0 Å². The van der Waals surface area contributed by atoms with Crippen molar-refractivity contribution >= 4 is 16.0 Å². The molecular weight excluding hydrogens is 258 g/mol. The van der Waals surface area contributed by atoms with E-state index in [-0.39, 0.29) is 24.5 Å². The van der Waals surface area contributed by atoms with E-state index >= 15 is 0 Å². The van der Waals surface area contributed by atoms with Gasteiger partial charge in [-0.05, 0) is 12.1 Å². The maximum Gasteiger partial charge on any atom is 0.327 e. The second-order valence-electron chi connectivity index (χ2n) is 4.11. The molecule has 0 spiro atoms. The van der Waals surface area contributed by atoms with Crippen LogP contribution in [0.4, 0.5) is 0 Å². The molecule has 98 valence electrons. The first kappa shape index (κ1) is 13.0. The summed E-state index contributed by atoms with van der Waals surface area (Å²) >= 11 is 0. The number of aliphatic carboxylic acids is 1. The molecule has 1 aliphatic rings. The van der Waals surface area contributed by atoms with Gasteiger partial charge in [0.05, 0.1) is 11.5 Å². The van der Waals surface area contributed by atoms with E-state index in [1.807, 2.05) is 0 Å². The molecule has 0 aliphatic carbocycles. The number of carboxylic acid groups (broad SMARTS) is 1. The van der Waals surface area contributed by atoms with Crippen LogP contribution in [0, 0.1) is 0 Å². The van der Waals surface area contributed by atoms with Crippen LogP contribution in [0.3, 0.4) is 0 Å². The van der Waals surface area contributed by atoms with Gasteiger partial charge in [-0.3, -0.25) is 4.79 Å². The summed E-state index contributed by atoms with van der Waals surface area (Å²) < 4.78 is 31.4. The van der Waals surface area contributed by atoms with Crippen LogP contribution in [-0.2, 0) is 19.6 Å². The van der Waals surface area contributed by atoms with Gasteiger partial charge < -0.3 is 9.84 Å². The molecule has 1 unspecified atom stereocenters. The fourth-order valence-corrected chi connectivity index (χ4v) is 3.17. The summed E-state index contributed by atoms with van der Waals surface area (Å²) in [5.41, 5.74) is -1.56. The van der Waals surface area contributed by atoms with Gasteiger partial charge in [0.1, 0.15) is 0 Å². The molecule has 0 radical (unpaired) electrons. The number of benzene rings is 1. The van der Waals surface area contributed by atoms with Gasteiger partial charge in [0, 0.05) is 13.0 Å². The zero-order valence-electron chi connectivity index (χ0n) is 9.50. The minimum atomic E-state index is -3.86. The summed E-state index contributed by atoms with van der Waals surface area (Å²) in [6, 6.07) is 7.66. The molecule has 1 aromatic carbocycles. The fourth-order valence-electron chi connectivity index (χ4n) is 1.77. The van der Waals surface area contributed by atoms with Crippen molar-refractivity contribution in [3.63, 3.8) is 0 Å². The first-order chi connectivity index (χ1) is 8.46. The van der Waals surface area contributed by atoms with Crippen LogP contribution in [0.2, 0.25) is 0 Å². The highest BCUT2D eigenvalue weighted by Crippen LogP contribution is 2.22. The number of carboxylic acids is 1. The Hall–Kier alpha value is -1.44. The van der Waals surface area contributed by atoms with Crippen LogP contribution in [-0.4, -0.2) is 38.2 Å². The predicted molar refractivity (Wildman–Crippen MR) is 62.6 cm³/mol. The first-order valence-corrected chi connectivity index (χ1v) is 6.85. The Bertz CT molecular complexity index is 534. The molecule has 0 saturated carbocycles. The molecule has 1 aliphatic heterocycles. The number of carbonyl (C=O) groups is 1. The van der Waals surface area contributed by atoms with E-state index in [1.165, 1.54) is 12.1 Å². The highest BCUT2D eigenvalue weighted by Gasteiger charge is 2.45. The molecule has 1 atom stereocenters. The zero-order valence-corrected chi connectivity index (χ0v) is 10.3. The van der Waals surface area contributed by atoms with Gasteiger partial charge in [0.25, 0.3) is 0 Å². The van der Waals surface area contributed by atoms with Gasteiger partial charge in [-0.15, -0.1) is 0 Å². The summed E-state index contributed by atoms with van der Waals surface area (Å²) in [5, 5.41) is 9.17. The zero-order chi connectivity index (χ0) is 13.2. The van der Waals surface area contributed by atoms with Crippen molar-refractivity contribution in [3.8, 4) is 0 Å². The van der Waals surface area contributed by atoms with Gasteiger partial charge in [-0.2, -0.15) is 4.72 Å². The lowest BCUT2D eigenvalue weighted by Gasteiger charge is -2.23. The fraction of sp³-hybridized carbons (Fsp3) is 0.364. The minimum Gasteiger partial charge on any atom is -0.480 e. The van der Waals surface area contributed by atoms with Crippen LogP contribution >= 0.6 is 0 Å². The minimum absolute atomic E-state index is 0.0394. The van der Waals surface area contributed by atoms with Gasteiger partial charge >= 0.3 is 5.97 Å². The molecule has 2 rings (SSSR count). The van der Waals surface area contributed by atoms with Crippen LogP contribution in [0.15, 0.2) is 35.2 Å². The molecule has 0 bridgehead atoms. The lowest BCUT2D eigenvalue weighted by atomic mass is 10.0. The standard InChI is InChI=1S/C11H13NO5S/c13-10(14)11(6-7-17-8-11)12-18(15,16)9-4-2-1-3-5-9/h1-5,12H,6-8H2,(H,13,14). The van der Waals surface area contributed by atoms with Crippen molar-refractivity contribution in [2.24, 2.45) is 0 Å². The molecule has 2 N–H and O–H groups in total. The normalized spacial score (nSPS) is 24.0. The average Bonchev–Trinajstić information content (AvgIpc) is 2.79. The van der Waals surface area contributed by atoms with E-state index in [9.17, 15) is 13.2 Å². The molecule has 0 aromatic heterocycles. The molecule has 1 aromatic rings. The summed E-state index contributed by atoms with van der Waals surface area (Å²) in [7, 11) is -3.86. The third-order valence-electron chi connectivity index (χ3n) is 2.81. The van der Waals surface area contributed by atoms with E-state index in [0.29, 0.717) is 0 Å². The number of ether oxygens (including phenoxy) is 1. The molecule has 6 nitrogen and oxygen atoms in total. The highest BCUT2D eigenvalue weighted by atomic mass is 32.2. The van der Waals surface area contributed by atoms with E-state index in [4.69, 9.17) is 9.84 Å². The van der Waals surface area contributed by atoms with Crippen molar-refractivity contribution in [2.75, 3.05) is 13.2 Å². The van der Waals surface area contributed by atoms with E-state index < -0.39 is 21.5 Å². The number of rotatable bonds is 4. The Balaban J connectivity index is 2.30. The Labute approximate surface area is 105 Å². The second kappa shape index (κ2) is 4.68. The number of nitrogens with one attached hydrogen (secondary N) is 1. The van der Waals surface area contributed by atoms with E-state index in [0.717, 1.165) is 0 Å². The third-order valence-corrected chi connectivity index (χ3v) is 4.37. The van der Waals surface area contributed by atoms with Crippen molar-refractivity contribution < 1.29 is 23.1 Å². The molecule has 1 heterocycles. The van der Waals surface area contributed by atoms with E-state index in [1.54, 1.807) is 18.2 Å². The maximum absolute atomic E-state index is 12.1. The Morgan fingerprint density at radius 2 is 2.00 bits per heavy atom. The lowest BCUT2D eigenvalue weighted by molar-refractivity contribution is -0.144. The largest absolute Gasteiger partial charge is 0.480 e. The van der Waals surface area contributed by atoms with Crippen LogP contribution < -0.4 is 4.72 Å². The third kappa shape index (κ3) is 2.38. The number of hydrogen-bond acceptors (Lipinski definition) is 4. The molecule has 1 saturated heterocycles. The second-order valence-corrected chi connectivity index (χ2v) is 5.79. The Morgan fingerprint density at radius 1 is 1.33 bits per heavy atom. The number of hydrogen-bond donors (Lipinski definition) is 2. The van der Waals surface area contributed by atoms with Crippen LogP contribution in [0.25, 0.3) is 0 Å². The highest BCUT2D eigenvalue weighted by molar-refractivity contribution is 7.89. The van der Waals surface area contributed by atoms with Crippen LogP contribution in [0.1, 0.15) is 6.42 Å². The molecular formula is C11H13NO5S. The smallest absolute Gasteiger partial charge is 0.327 e. The van der Waals surface area contributed by atoms with Crippen LogP contribution in [0.5, 0.6) is 0 Å². The van der Waals surface area contributed by atoms with Crippen molar-refractivity contribution in [1.82, 2.24) is 4.72 Å². The van der Waals surface area contributed by atoms with Gasteiger partial charge in [0.2, 0.25) is 10.0 Å². The number of sulfonamides is 1. The quantitative estimate of drug-likeness (QED) is 0.816. The molecule has 7 heteroatoms. The summed E-state index contributed by atoms with van der Waals surface area (Å²) in [5.74, 6) is -1.22. The predicted octanol–water partition coefficient (Wildman–Crippen LogP) is 0.209. The summed E-state index contributed by atoms with van der Waals surface area (Å²) in [4.78, 5) is 11.3. The first-order valence-electron chi connectivity index (χ1n) is 5.36. The Morgan fingerprint density at radius 3 is 2.50 bits per heavy atom. The monoisotopic (exact) mass is 271 g/mol. The van der Waals surface area contributed by atoms with Gasteiger partial charge in [0.15, 0.2) is 5.54 Å². The Kier molecular flexibility index (Phi) is 3.38. The van der Waals surface area contributed by atoms with Crippen molar-refractivity contribution in [2.45, 2.75) is 16.9 Å².